The van der Waals surface area contributed by atoms with Gasteiger partial charge in [0.15, 0.2) is 5.96 Å². The van der Waals surface area contributed by atoms with Crippen LogP contribution < -0.4 is 11.1 Å². The van der Waals surface area contributed by atoms with E-state index in [2.05, 4.69) is 22.4 Å². The van der Waals surface area contributed by atoms with E-state index in [9.17, 15) is 0 Å². The van der Waals surface area contributed by atoms with E-state index in [1.807, 2.05) is 49.4 Å². The molecule has 0 heterocycles. The molecule has 4 heteroatoms. The second kappa shape index (κ2) is 8.58. The molecule has 2 aromatic rings. The van der Waals surface area contributed by atoms with Crippen LogP contribution in [0.2, 0.25) is 0 Å². The molecule has 0 aliphatic carbocycles. The Bertz CT molecular complexity index is 553. The fraction of sp³-hybridized carbons (Fsp3) is 0.188. The van der Waals surface area contributed by atoms with Crippen molar-refractivity contribution in [2.75, 3.05) is 11.9 Å². The van der Waals surface area contributed by atoms with Gasteiger partial charge in [-0.3, -0.25) is 4.99 Å². The van der Waals surface area contributed by atoms with Crippen molar-refractivity contribution in [1.29, 1.82) is 0 Å². The Morgan fingerprint density at radius 3 is 2.55 bits per heavy atom. The van der Waals surface area contributed by atoms with Crippen LogP contribution in [0.15, 0.2) is 59.6 Å². The maximum absolute atomic E-state index is 5.86. The number of hydrogen-bond acceptors (Lipinski definition) is 1. The van der Waals surface area contributed by atoms with Crippen molar-refractivity contribution in [2.24, 2.45) is 10.7 Å². The number of guanidine groups is 1. The first kappa shape index (κ1) is 16.5. The lowest BCUT2D eigenvalue weighted by Crippen LogP contribution is -2.23. The highest BCUT2D eigenvalue weighted by Crippen LogP contribution is 2.08. The molecule has 0 aliphatic rings. The number of nitrogens with one attached hydrogen (secondary N) is 1. The Morgan fingerprint density at radius 2 is 1.85 bits per heavy atom. The average Bonchev–Trinajstić information content (AvgIpc) is 2.40. The lowest BCUT2D eigenvalue weighted by molar-refractivity contribution is 0.965. The van der Waals surface area contributed by atoms with E-state index in [0.29, 0.717) is 12.5 Å². The highest BCUT2D eigenvalue weighted by Gasteiger charge is 1.95. The fourth-order valence-corrected chi connectivity index (χ4v) is 1.86. The minimum Gasteiger partial charge on any atom is -0.370 e. The van der Waals surface area contributed by atoms with Crippen molar-refractivity contribution in [1.82, 2.24) is 0 Å². The summed E-state index contributed by atoms with van der Waals surface area (Å²) in [6, 6.07) is 18.3. The third-order valence-electron chi connectivity index (χ3n) is 2.82. The Hall–Kier alpha value is -1.56. The molecule has 20 heavy (non-hydrogen) atoms. The predicted molar refractivity (Wildman–Crippen MR) is 96.9 cm³/mol. The summed E-state index contributed by atoms with van der Waals surface area (Å²) in [6.45, 7) is 2.74. The summed E-state index contributed by atoms with van der Waals surface area (Å²) in [5.74, 6) is 0.460. The normalized spacial score (nSPS) is 10.8. The van der Waals surface area contributed by atoms with Crippen LogP contribution in [0.4, 0.5) is 5.69 Å². The zero-order valence-electron chi connectivity index (χ0n) is 11.5. The van der Waals surface area contributed by atoms with Crippen LogP contribution >= 0.6 is 24.0 Å². The van der Waals surface area contributed by atoms with Gasteiger partial charge in [-0.05, 0) is 36.6 Å². The van der Waals surface area contributed by atoms with Crippen LogP contribution in [0, 0.1) is 6.92 Å². The molecular formula is C16H20IN3. The van der Waals surface area contributed by atoms with Crippen LogP contribution in [0.3, 0.4) is 0 Å². The van der Waals surface area contributed by atoms with Gasteiger partial charge in [-0.2, -0.15) is 0 Å². The monoisotopic (exact) mass is 381 g/mol. The molecule has 0 saturated heterocycles. The molecule has 0 unspecified atom stereocenters. The first-order chi connectivity index (χ1) is 9.24. The van der Waals surface area contributed by atoms with E-state index in [1.54, 1.807) is 0 Å². The van der Waals surface area contributed by atoms with Gasteiger partial charge in [0.2, 0.25) is 0 Å². The molecule has 0 saturated carbocycles. The van der Waals surface area contributed by atoms with Crippen LogP contribution in [0.5, 0.6) is 0 Å². The van der Waals surface area contributed by atoms with Gasteiger partial charge >= 0.3 is 0 Å². The smallest absolute Gasteiger partial charge is 0.193 e. The summed E-state index contributed by atoms with van der Waals surface area (Å²) < 4.78 is 0. The molecule has 3 nitrogen and oxygen atoms in total. The number of hydrogen-bond donors (Lipinski definition) is 2. The molecule has 0 bridgehead atoms. The summed E-state index contributed by atoms with van der Waals surface area (Å²) in [7, 11) is 0. The first-order valence-electron chi connectivity index (χ1n) is 6.41. The van der Waals surface area contributed by atoms with Gasteiger partial charge in [0.05, 0.1) is 0 Å². The van der Waals surface area contributed by atoms with Gasteiger partial charge in [-0.1, -0.05) is 42.5 Å². The lowest BCUT2D eigenvalue weighted by atomic mass is 10.2. The van der Waals surface area contributed by atoms with Gasteiger partial charge in [-0.25, -0.2) is 0 Å². The van der Waals surface area contributed by atoms with Crippen LogP contribution in [-0.4, -0.2) is 12.5 Å². The molecule has 0 atom stereocenters. The van der Waals surface area contributed by atoms with E-state index in [0.717, 1.165) is 12.1 Å². The van der Waals surface area contributed by atoms with Crippen LogP contribution in [0.1, 0.15) is 11.1 Å². The molecule has 0 aliphatic heterocycles. The minimum atomic E-state index is 0. The Kier molecular flexibility index (Phi) is 7.08. The SMILES string of the molecule is Cc1cccc(NC(N)=NCCc2ccccc2)c1.I. The maximum Gasteiger partial charge on any atom is 0.193 e. The molecule has 0 spiro atoms. The number of rotatable bonds is 4. The molecule has 0 fully saturated rings. The molecule has 2 rings (SSSR count). The Morgan fingerprint density at radius 1 is 1.10 bits per heavy atom. The second-order valence-corrected chi connectivity index (χ2v) is 4.50. The molecule has 3 N–H and O–H groups in total. The molecule has 106 valence electrons. The summed E-state index contributed by atoms with van der Waals surface area (Å²) >= 11 is 0. The molecular weight excluding hydrogens is 361 g/mol. The van der Waals surface area contributed by atoms with Crippen LogP contribution in [0.25, 0.3) is 0 Å². The average molecular weight is 381 g/mol. The number of halogens is 1. The van der Waals surface area contributed by atoms with Gasteiger partial charge in [0, 0.05) is 12.2 Å². The van der Waals surface area contributed by atoms with Crippen molar-refractivity contribution < 1.29 is 0 Å². The maximum atomic E-state index is 5.86. The third kappa shape index (κ3) is 5.61. The zero-order chi connectivity index (χ0) is 13.5. The van der Waals surface area contributed by atoms with E-state index < -0.39 is 0 Å². The standard InChI is InChI=1S/C16H19N3.HI/c1-13-6-5-9-15(12-13)19-16(17)18-11-10-14-7-3-2-4-8-14;/h2-9,12H,10-11H2,1H3,(H3,17,18,19);1H. The van der Waals surface area contributed by atoms with Gasteiger partial charge < -0.3 is 11.1 Å². The predicted octanol–water partition coefficient (Wildman–Crippen LogP) is 3.58. The number of benzene rings is 2. The molecule has 0 aromatic heterocycles. The van der Waals surface area contributed by atoms with E-state index in [-0.39, 0.29) is 24.0 Å². The Balaban J connectivity index is 0.00000200. The van der Waals surface area contributed by atoms with Gasteiger partial charge in [0.25, 0.3) is 0 Å². The second-order valence-electron chi connectivity index (χ2n) is 4.50. The number of nitrogens with zero attached hydrogens (tertiary/aromatic N) is 1. The van der Waals surface area contributed by atoms with Crippen LogP contribution in [-0.2, 0) is 6.42 Å². The minimum absolute atomic E-state index is 0. The van der Waals surface area contributed by atoms with E-state index >= 15 is 0 Å². The van der Waals surface area contributed by atoms with E-state index in [4.69, 9.17) is 5.73 Å². The highest BCUT2D eigenvalue weighted by atomic mass is 127. The van der Waals surface area contributed by atoms with Crippen molar-refractivity contribution in [2.45, 2.75) is 13.3 Å². The van der Waals surface area contributed by atoms with Crippen molar-refractivity contribution in [3.8, 4) is 0 Å². The summed E-state index contributed by atoms with van der Waals surface area (Å²) in [6.07, 6.45) is 0.900. The van der Waals surface area contributed by atoms with Gasteiger partial charge in [-0.15, -0.1) is 24.0 Å². The summed E-state index contributed by atoms with van der Waals surface area (Å²) in [5.41, 5.74) is 9.30. The molecule has 2 aromatic carbocycles. The number of aliphatic imine (C=N–C) groups is 1. The topological polar surface area (TPSA) is 50.4 Å². The first-order valence-corrected chi connectivity index (χ1v) is 6.41. The zero-order valence-corrected chi connectivity index (χ0v) is 13.9. The Labute approximate surface area is 137 Å². The van der Waals surface area contributed by atoms with Crippen molar-refractivity contribution >= 4 is 35.6 Å². The quantitative estimate of drug-likeness (QED) is 0.483. The van der Waals surface area contributed by atoms with Crippen molar-refractivity contribution in [3.05, 3.63) is 65.7 Å². The summed E-state index contributed by atoms with van der Waals surface area (Å²) in [5, 5.41) is 3.10. The van der Waals surface area contributed by atoms with Crippen molar-refractivity contribution in [3.63, 3.8) is 0 Å². The van der Waals surface area contributed by atoms with E-state index in [1.165, 1.54) is 11.1 Å². The lowest BCUT2D eigenvalue weighted by Gasteiger charge is -2.06. The molecule has 0 amide bonds. The number of nitrogens with two attached hydrogens (primary N) is 1. The number of anilines is 1. The highest BCUT2D eigenvalue weighted by molar-refractivity contribution is 14.0. The largest absolute Gasteiger partial charge is 0.370 e. The number of aryl methyl sites for hydroxylation is 1. The molecule has 0 radical (unpaired) electrons. The summed E-state index contributed by atoms with van der Waals surface area (Å²) in [4.78, 5) is 4.33. The third-order valence-corrected chi connectivity index (χ3v) is 2.82. The fourth-order valence-electron chi connectivity index (χ4n) is 1.86. The van der Waals surface area contributed by atoms with Gasteiger partial charge in [0.1, 0.15) is 0 Å².